The predicted molar refractivity (Wildman–Crippen MR) is 274 cm³/mol. The summed E-state index contributed by atoms with van der Waals surface area (Å²) in [6.07, 6.45) is 1.92. The molecule has 9 aromatic carbocycles. The molecule has 0 aliphatic heterocycles. The van der Waals surface area contributed by atoms with Gasteiger partial charge in [-0.1, -0.05) is 146 Å². The van der Waals surface area contributed by atoms with Crippen LogP contribution in [0.2, 0.25) is 0 Å². The maximum Gasteiger partial charge on any atom is 0.0716 e. The maximum absolute atomic E-state index is 5.54. The first kappa shape index (κ1) is 36.9. The van der Waals surface area contributed by atoms with Crippen molar-refractivity contribution in [3.8, 4) is 50.7 Å². The summed E-state index contributed by atoms with van der Waals surface area (Å²) in [4.78, 5) is 5.54. The van der Waals surface area contributed by atoms with Crippen LogP contribution in [-0.4, -0.2) is 18.7 Å². The zero-order valence-corrected chi connectivity index (χ0v) is 35.4. The molecule has 0 radical (unpaired) electrons. The third-order valence-electron chi connectivity index (χ3n) is 13.2. The highest BCUT2D eigenvalue weighted by atomic mass is 15.0. The van der Waals surface area contributed by atoms with Crippen molar-refractivity contribution in [2.45, 2.75) is 0 Å². The fourth-order valence-corrected chi connectivity index (χ4v) is 10.2. The van der Waals surface area contributed by atoms with E-state index in [1.807, 2.05) is 6.08 Å². The molecule has 13 rings (SSSR count). The molecule has 0 saturated heterocycles. The van der Waals surface area contributed by atoms with E-state index < -0.39 is 0 Å². The Bertz CT molecular complexity index is 3760. The van der Waals surface area contributed by atoms with E-state index in [0.717, 1.165) is 67.3 Å². The summed E-state index contributed by atoms with van der Waals surface area (Å²) in [6.45, 7) is 4.05. The molecular formula is C61H40N4. The summed E-state index contributed by atoms with van der Waals surface area (Å²) in [5, 5.41) is 7.39. The SMILES string of the molecule is C=Cc1ccc2c(c1)c1ccccc1n2-c1cccc(-c2cc(-c3cccc(-n4c5ccccc5c5ccccc54)c3)cc(-c3cccc(-n4c5ccccc5c5ccccc54)c3)n2)c1. The van der Waals surface area contributed by atoms with E-state index in [0.29, 0.717) is 0 Å². The van der Waals surface area contributed by atoms with E-state index in [1.54, 1.807) is 0 Å². The summed E-state index contributed by atoms with van der Waals surface area (Å²) >= 11 is 0. The lowest BCUT2D eigenvalue weighted by Crippen LogP contribution is -1.97. The van der Waals surface area contributed by atoms with Crippen molar-refractivity contribution in [2.24, 2.45) is 0 Å². The molecule has 0 bridgehead atoms. The Morgan fingerprint density at radius 3 is 1.06 bits per heavy atom. The fraction of sp³-hybridized carbons (Fsp3) is 0. The molecule has 0 fully saturated rings. The fourth-order valence-electron chi connectivity index (χ4n) is 10.2. The average Bonchev–Trinajstić information content (AvgIpc) is 4.02. The number of aromatic nitrogens is 4. The van der Waals surface area contributed by atoms with Gasteiger partial charge in [0.05, 0.1) is 44.5 Å². The number of hydrogen-bond donors (Lipinski definition) is 0. The standard InChI is InChI=1S/C61H40N4/c1-2-40-32-33-61-53(34-40)52-26-7-12-31-60(52)65(61)47-21-15-18-43(37-47)55-39-44(41-16-13-19-45(35-41)63-56-27-8-3-22-48(56)49-23-4-9-28-57(49)63)38-54(62-55)42-17-14-20-46(36-42)64-58-29-10-5-24-50(58)51-25-6-11-30-59(51)64/h2-39H,1H2. The van der Waals surface area contributed by atoms with Crippen molar-refractivity contribution in [1.82, 2.24) is 18.7 Å². The number of nitrogens with zero attached hydrogens (tertiary/aromatic N) is 4. The van der Waals surface area contributed by atoms with E-state index in [4.69, 9.17) is 4.98 Å². The first-order chi connectivity index (χ1) is 32.2. The Hall–Kier alpha value is -8.73. The van der Waals surface area contributed by atoms with Gasteiger partial charge in [-0.2, -0.15) is 0 Å². The molecule has 0 saturated carbocycles. The number of benzene rings is 9. The van der Waals surface area contributed by atoms with Gasteiger partial charge in [0, 0.05) is 60.5 Å². The Morgan fingerprint density at radius 1 is 0.292 bits per heavy atom. The van der Waals surface area contributed by atoms with Crippen LogP contribution in [0.25, 0.3) is 122 Å². The topological polar surface area (TPSA) is 27.7 Å². The largest absolute Gasteiger partial charge is 0.309 e. The minimum atomic E-state index is 0.901. The highest BCUT2D eigenvalue weighted by molar-refractivity contribution is 6.11. The van der Waals surface area contributed by atoms with Crippen LogP contribution >= 0.6 is 0 Å². The summed E-state index contributed by atoms with van der Waals surface area (Å²) < 4.78 is 7.14. The molecule has 0 unspecified atom stereocenters. The van der Waals surface area contributed by atoms with Crippen molar-refractivity contribution in [2.75, 3.05) is 0 Å². The number of hydrogen-bond acceptors (Lipinski definition) is 1. The van der Waals surface area contributed by atoms with Crippen LogP contribution in [0.1, 0.15) is 5.56 Å². The Labute approximate surface area is 375 Å². The van der Waals surface area contributed by atoms with Gasteiger partial charge >= 0.3 is 0 Å². The molecule has 0 spiro atoms. The molecule has 304 valence electrons. The lowest BCUT2D eigenvalue weighted by molar-refractivity contribution is 1.17. The summed E-state index contributed by atoms with van der Waals surface area (Å²) in [7, 11) is 0. The summed E-state index contributed by atoms with van der Waals surface area (Å²) in [6, 6.07) is 81.1. The van der Waals surface area contributed by atoms with Crippen LogP contribution in [0.4, 0.5) is 0 Å². The molecule has 0 N–H and O–H groups in total. The second-order valence-corrected chi connectivity index (χ2v) is 16.8. The van der Waals surface area contributed by atoms with Crippen molar-refractivity contribution in [3.63, 3.8) is 0 Å². The van der Waals surface area contributed by atoms with Crippen molar-refractivity contribution in [3.05, 3.63) is 237 Å². The molecule has 0 atom stereocenters. The molecule has 4 nitrogen and oxygen atoms in total. The molecule has 0 aliphatic rings. The van der Waals surface area contributed by atoms with E-state index in [9.17, 15) is 0 Å². The normalized spacial score (nSPS) is 11.8. The van der Waals surface area contributed by atoms with Gasteiger partial charge in [-0.25, -0.2) is 4.98 Å². The van der Waals surface area contributed by atoms with Crippen molar-refractivity contribution < 1.29 is 0 Å². The van der Waals surface area contributed by atoms with Crippen LogP contribution < -0.4 is 0 Å². The van der Waals surface area contributed by atoms with Crippen LogP contribution in [0.5, 0.6) is 0 Å². The maximum atomic E-state index is 5.54. The minimum Gasteiger partial charge on any atom is -0.309 e. The third kappa shape index (κ3) is 5.88. The van der Waals surface area contributed by atoms with Gasteiger partial charge in [0.15, 0.2) is 0 Å². The van der Waals surface area contributed by atoms with Crippen LogP contribution in [0.15, 0.2) is 231 Å². The monoisotopic (exact) mass is 828 g/mol. The molecule has 4 heteroatoms. The van der Waals surface area contributed by atoms with Gasteiger partial charge in [0.1, 0.15) is 0 Å². The summed E-state index contributed by atoms with van der Waals surface area (Å²) in [5.41, 5.74) is 17.5. The highest BCUT2D eigenvalue weighted by Crippen LogP contribution is 2.39. The molecule has 0 aliphatic carbocycles. The van der Waals surface area contributed by atoms with Crippen molar-refractivity contribution >= 4 is 71.5 Å². The Balaban J connectivity index is 1.01. The zero-order chi connectivity index (χ0) is 43.0. The van der Waals surface area contributed by atoms with Crippen LogP contribution in [-0.2, 0) is 0 Å². The third-order valence-corrected chi connectivity index (χ3v) is 13.2. The summed E-state index contributed by atoms with van der Waals surface area (Å²) in [5.74, 6) is 0. The van der Waals surface area contributed by atoms with Gasteiger partial charge in [0.2, 0.25) is 0 Å². The lowest BCUT2D eigenvalue weighted by Gasteiger charge is -2.15. The van der Waals surface area contributed by atoms with Gasteiger partial charge < -0.3 is 13.7 Å². The zero-order valence-electron chi connectivity index (χ0n) is 35.4. The van der Waals surface area contributed by atoms with Crippen LogP contribution in [0.3, 0.4) is 0 Å². The molecule has 13 aromatic rings. The number of rotatable bonds is 7. The minimum absolute atomic E-state index is 0.901. The number of fused-ring (bicyclic) bond motifs is 9. The van der Waals surface area contributed by atoms with E-state index in [2.05, 4.69) is 245 Å². The first-order valence-corrected chi connectivity index (χ1v) is 22.2. The molecule has 4 heterocycles. The van der Waals surface area contributed by atoms with Gasteiger partial charge in [-0.15, -0.1) is 0 Å². The second kappa shape index (κ2) is 14.7. The van der Waals surface area contributed by atoms with Gasteiger partial charge in [0.25, 0.3) is 0 Å². The number of para-hydroxylation sites is 5. The van der Waals surface area contributed by atoms with Crippen LogP contribution in [0, 0.1) is 0 Å². The smallest absolute Gasteiger partial charge is 0.0716 e. The highest BCUT2D eigenvalue weighted by Gasteiger charge is 2.18. The van der Waals surface area contributed by atoms with Gasteiger partial charge in [-0.05, 0) is 108 Å². The van der Waals surface area contributed by atoms with E-state index >= 15 is 0 Å². The molecular weight excluding hydrogens is 789 g/mol. The van der Waals surface area contributed by atoms with Crippen molar-refractivity contribution in [1.29, 1.82) is 0 Å². The second-order valence-electron chi connectivity index (χ2n) is 16.8. The van der Waals surface area contributed by atoms with E-state index in [1.165, 1.54) is 54.4 Å². The predicted octanol–water partition coefficient (Wildman–Crippen LogP) is 16.0. The molecule has 4 aromatic heterocycles. The Kier molecular flexibility index (Phi) is 8.33. The first-order valence-electron chi connectivity index (χ1n) is 22.2. The lowest BCUT2D eigenvalue weighted by atomic mass is 9.99. The Morgan fingerprint density at radius 2 is 0.646 bits per heavy atom. The van der Waals surface area contributed by atoms with Gasteiger partial charge in [-0.3, -0.25) is 0 Å². The van der Waals surface area contributed by atoms with E-state index in [-0.39, 0.29) is 0 Å². The average molecular weight is 829 g/mol. The quantitative estimate of drug-likeness (QED) is 0.157. The molecule has 65 heavy (non-hydrogen) atoms. The molecule has 0 amide bonds. The number of pyridine rings is 1.